The van der Waals surface area contributed by atoms with Gasteiger partial charge in [0.05, 0.1) is 6.61 Å². The van der Waals surface area contributed by atoms with Crippen molar-refractivity contribution in [2.75, 3.05) is 13.7 Å². The summed E-state index contributed by atoms with van der Waals surface area (Å²) in [4.78, 5) is 25.3. The van der Waals surface area contributed by atoms with Crippen LogP contribution >= 0.6 is 0 Å². The quantitative estimate of drug-likeness (QED) is 0.762. The van der Waals surface area contributed by atoms with Gasteiger partial charge in [-0.3, -0.25) is 4.79 Å². The number of amides is 1. The molecule has 1 fully saturated rings. The summed E-state index contributed by atoms with van der Waals surface area (Å²) >= 11 is 0. The molecule has 2 atom stereocenters. The number of likely N-dealkylation sites (tertiary alicyclic amines) is 1. The molecule has 1 aromatic carbocycles. The van der Waals surface area contributed by atoms with Crippen LogP contribution in [0.25, 0.3) is 0 Å². The molecule has 1 aromatic rings. The number of rotatable bonds is 3. The summed E-state index contributed by atoms with van der Waals surface area (Å²) in [6.45, 7) is 2.10. The first-order chi connectivity index (χ1) is 8.65. The first-order valence-electron chi connectivity index (χ1n) is 6.12. The van der Waals surface area contributed by atoms with Gasteiger partial charge in [0.15, 0.2) is 0 Å². The van der Waals surface area contributed by atoms with E-state index in [0.29, 0.717) is 13.0 Å². The lowest BCUT2D eigenvalue weighted by molar-refractivity contribution is -0.150. The van der Waals surface area contributed by atoms with Gasteiger partial charge in [0.1, 0.15) is 6.04 Å². The summed E-state index contributed by atoms with van der Waals surface area (Å²) in [5.74, 6) is -0.440. The lowest BCUT2D eigenvalue weighted by Crippen LogP contribution is -2.39. The molecule has 0 radical (unpaired) electrons. The molecule has 4 heteroatoms. The van der Waals surface area contributed by atoms with E-state index in [0.717, 1.165) is 5.56 Å². The highest BCUT2D eigenvalue weighted by atomic mass is 16.5. The number of carbonyl (C=O) groups is 2. The van der Waals surface area contributed by atoms with E-state index < -0.39 is 6.04 Å². The van der Waals surface area contributed by atoms with Crippen molar-refractivity contribution in [3.63, 3.8) is 0 Å². The molecule has 18 heavy (non-hydrogen) atoms. The zero-order chi connectivity index (χ0) is 13.1. The molecule has 1 aliphatic rings. The van der Waals surface area contributed by atoms with Crippen molar-refractivity contribution < 1.29 is 14.3 Å². The molecule has 0 aliphatic carbocycles. The average Bonchev–Trinajstić information content (AvgIpc) is 2.67. The predicted molar refractivity (Wildman–Crippen MR) is 67.0 cm³/mol. The lowest BCUT2D eigenvalue weighted by atomic mass is 9.92. The van der Waals surface area contributed by atoms with Crippen molar-refractivity contribution in [3.05, 3.63) is 35.9 Å². The van der Waals surface area contributed by atoms with Gasteiger partial charge in [0, 0.05) is 19.4 Å². The largest absolute Gasteiger partial charge is 0.464 e. The van der Waals surface area contributed by atoms with E-state index in [2.05, 4.69) is 0 Å². The van der Waals surface area contributed by atoms with E-state index in [1.807, 2.05) is 30.3 Å². The fourth-order valence-electron chi connectivity index (χ4n) is 2.42. The van der Waals surface area contributed by atoms with Crippen molar-refractivity contribution in [3.8, 4) is 0 Å². The van der Waals surface area contributed by atoms with Gasteiger partial charge in [-0.15, -0.1) is 0 Å². The van der Waals surface area contributed by atoms with Crippen LogP contribution in [0.2, 0.25) is 0 Å². The Morgan fingerprint density at radius 2 is 2.06 bits per heavy atom. The Labute approximate surface area is 107 Å². The van der Waals surface area contributed by atoms with Gasteiger partial charge in [-0.2, -0.15) is 0 Å². The minimum atomic E-state index is -0.500. The number of carbonyl (C=O) groups excluding carboxylic acids is 2. The van der Waals surface area contributed by atoms with Gasteiger partial charge >= 0.3 is 5.97 Å². The van der Waals surface area contributed by atoms with E-state index in [1.165, 1.54) is 4.90 Å². The molecule has 0 aromatic heterocycles. The number of ether oxygens (including phenoxy) is 1. The molecule has 0 unspecified atom stereocenters. The molecular formula is C14H17NO3. The van der Waals surface area contributed by atoms with E-state index in [1.54, 1.807) is 14.0 Å². The summed E-state index contributed by atoms with van der Waals surface area (Å²) in [6, 6.07) is 9.15. The van der Waals surface area contributed by atoms with E-state index in [9.17, 15) is 9.59 Å². The maximum Gasteiger partial charge on any atom is 0.329 e. The Bertz CT molecular complexity index is 444. The Morgan fingerprint density at radius 3 is 2.67 bits per heavy atom. The fraction of sp³-hybridized carbons (Fsp3) is 0.429. The number of nitrogens with zero attached hydrogens (tertiary/aromatic N) is 1. The highest BCUT2D eigenvalue weighted by molar-refractivity contribution is 5.90. The average molecular weight is 247 g/mol. The van der Waals surface area contributed by atoms with Crippen LogP contribution in [-0.4, -0.2) is 36.5 Å². The van der Waals surface area contributed by atoms with Crippen molar-refractivity contribution in [1.29, 1.82) is 0 Å². The van der Waals surface area contributed by atoms with Gasteiger partial charge in [0.2, 0.25) is 5.91 Å². The van der Waals surface area contributed by atoms with Crippen LogP contribution in [0.3, 0.4) is 0 Å². The molecule has 0 N–H and O–H groups in total. The first kappa shape index (κ1) is 12.6. The lowest BCUT2D eigenvalue weighted by Gasteiger charge is -2.23. The van der Waals surface area contributed by atoms with Crippen molar-refractivity contribution in [1.82, 2.24) is 4.90 Å². The normalized spacial score (nSPS) is 23.2. The van der Waals surface area contributed by atoms with Gasteiger partial charge in [-0.25, -0.2) is 4.79 Å². The van der Waals surface area contributed by atoms with E-state index >= 15 is 0 Å². The minimum absolute atomic E-state index is 0.0121. The van der Waals surface area contributed by atoms with Gasteiger partial charge in [-0.1, -0.05) is 30.3 Å². The number of esters is 1. The first-order valence-corrected chi connectivity index (χ1v) is 6.12. The zero-order valence-corrected chi connectivity index (χ0v) is 10.6. The van der Waals surface area contributed by atoms with Gasteiger partial charge < -0.3 is 9.64 Å². The molecule has 0 saturated carbocycles. The standard InChI is InChI=1S/C14H17NO3/c1-3-18-14(17)13-11(9-12(16)15(13)2)10-7-5-4-6-8-10/h4-8,11,13H,3,9H2,1-2H3/t11-,13+/m0/s1. The maximum atomic E-state index is 12.0. The summed E-state index contributed by atoms with van der Waals surface area (Å²) in [5, 5.41) is 0. The SMILES string of the molecule is CCOC(=O)[C@H]1[C@H](c2ccccc2)CC(=O)N1C. The molecule has 0 bridgehead atoms. The van der Waals surface area contributed by atoms with Crippen LogP contribution < -0.4 is 0 Å². The molecule has 4 nitrogen and oxygen atoms in total. The van der Waals surface area contributed by atoms with Crippen LogP contribution in [0.15, 0.2) is 30.3 Å². The highest BCUT2D eigenvalue weighted by Crippen LogP contribution is 2.33. The molecule has 96 valence electrons. The summed E-state index contributed by atoms with van der Waals surface area (Å²) in [5.41, 5.74) is 1.01. The Balaban J connectivity index is 2.28. The molecule has 1 amide bonds. The van der Waals surface area contributed by atoms with Crippen LogP contribution in [0, 0.1) is 0 Å². The minimum Gasteiger partial charge on any atom is -0.464 e. The van der Waals surface area contributed by atoms with E-state index in [-0.39, 0.29) is 17.8 Å². The summed E-state index contributed by atoms with van der Waals surface area (Å²) in [7, 11) is 1.66. The highest BCUT2D eigenvalue weighted by Gasteiger charge is 2.43. The van der Waals surface area contributed by atoms with Crippen molar-refractivity contribution >= 4 is 11.9 Å². The smallest absolute Gasteiger partial charge is 0.329 e. The Morgan fingerprint density at radius 1 is 1.39 bits per heavy atom. The zero-order valence-electron chi connectivity index (χ0n) is 10.6. The van der Waals surface area contributed by atoms with Crippen LogP contribution in [0.5, 0.6) is 0 Å². The Hall–Kier alpha value is -1.84. The Kier molecular flexibility index (Phi) is 3.65. The molecular weight excluding hydrogens is 230 g/mol. The van der Waals surface area contributed by atoms with Gasteiger partial charge in [-0.05, 0) is 12.5 Å². The van der Waals surface area contributed by atoms with Crippen LogP contribution in [0.4, 0.5) is 0 Å². The third kappa shape index (κ3) is 2.23. The number of likely N-dealkylation sites (N-methyl/N-ethyl adjacent to an activating group) is 1. The second-order valence-corrected chi connectivity index (χ2v) is 4.42. The van der Waals surface area contributed by atoms with Gasteiger partial charge in [0.25, 0.3) is 0 Å². The van der Waals surface area contributed by atoms with Crippen LogP contribution in [0.1, 0.15) is 24.8 Å². The fourth-order valence-corrected chi connectivity index (χ4v) is 2.42. The number of benzene rings is 1. The number of hydrogen-bond donors (Lipinski definition) is 0. The maximum absolute atomic E-state index is 12.0. The molecule has 0 spiro atoms. The summed E-state index contributed by atoms with van der Waals surface area (Å²) in [6.07, 6.45) is 0.365. The summed E-state index contributed by atoms with van der Waals surface area (Å²) < 4.78 is 5.06. The third-order valence-electron chi connectivity index (χ3n) is 3.34. The second-order valence-electron chi connectivity index (χ2n) is 4.42. The van der Waals surface area contributed by atoms with Crippen LogP contribution in [-0.2, 0) is 14.3 Å². The molecule has 1 saturated heterocycles. The molecule has 1 aliphatic heterocycles. The van der Waals surface area contributed by atoms with Crippen molar-refractivity contribution in [2.45, 2.75) is 25.3 Å². The molecule has 2 rings (SSSR count). The number of hydrogen-bond acceptors (Lipinski definition) is 3. The third-order valence-corrected chi connectivity index (χ3v) is 3.34. The topological polar surface area (TPSA) is 46.6 Å². The monoisotopic (exact) mass is 247 g/mol. The van der Waals surface area contributed by atoms with Crippen molar-refractivity contribution in [2.24, 2.45) is 0 Å². The second kappa shape index (κ2) is 5.21. The predicted octanol–water partition coefficient (Wildman–Crippen LogP) is 1.56. The molecule has 1 heterocycles. The van der Waals surface area contributed by atoms with E-state index in [4.69, 9.17) is 4.74 Å².